The molecule has 9 nitrogen and oxygen atoms in total. The van der Waals surface area contributed by atoms with E-state index in [0.717, 1.165) is 7.11 Å². The number of ether oxygens (including phenoxy) is 3. The number of esters is 1. The molecule has 1 aliphatic carbocycles. The molecule has 1 N–H and O–H groups in total. The molecule has 0 saturated heterocycles. The van der Waals surface area contributed by atoms with Crippen molar-refractivity contribution in [1.82, 2.24) is 4.90 Å². The summed E-state index contributed by atoms with van der Waals surface area (Å²) in [6.45, 7) is 9.44. The summed E-state index contributed by atoms with van der Waals surface area (Å²) in [5.41, 5.74) is -3.92. The van der Waals surface area contributed by atoms with Gasteiger partial charge in [-0.05, 0) is 48.0 Å². The van der Waals surface area contributed by atoms with Crippen molar-refractivity contribution in [2.45, 2.75) is 64.7 Å². The molecule has 1 rings (SSSR count). The topological polar surface area (TPSA) is 119 Å². The van der Waals surface area contributed by atoms with Crippen molar-refractivity contribution in [2.24, 2.45) is 5.92 Å². The standard InChI is InChI=1S/C16H25NO8/c1-14(2,3)24-12(21)17(13(22)25-15(4,5)6)16(11(20)23-7)8-9(16)10(18)19/h9H,8H2,1-7H3,(H,18,19)/t9-,16?/m1/s1. The zero-order chi connectivity index (χ0) is 19.8. The molecule has 142 valence electrons. The number of nitrogens with zero attached hydrogens (tertiary/aromatic N) is 1. The highest BCUT2D eigenvalue weighted by Gasteiger charge is 2.73. The van der Waals surface area contributed by atoms with Gasteiger partial charge in [0, 0.05) is 0 Å². The first-order valence-electron chi connectivity index (χ1n) is 7.73. The molecule has 0 aromatic carbocycles. The number of carbonyl (C=O) groups excluding carboxylic acids is 3. The number of aliphatic carboxylic acids is 1. The fourth-order valence-corrected chi connectivity index (χ4v) is 2.30. The van der Waals surface area contributed by atoms with Gasteiger partial charge in [-0.25, -0.2) is 14.4 Å². The molecule has 1 saturated carbocycles. The number of carboxylic acids is 1. The summed E-state index contributed by atoms with van der Waals surface area (Å²) in [5, 5.41) is 9.27. The Morgan fingerprint density at radius 3 is 1.60 bits per heavy atom. The summed E-state index contributed by atoms with van der Waals surface area (Å²) in [5.74, 6) is -3.64. The fourth-order valence-electron chi connectivity index (χ4n) is 2.30. The van der Waals surface area contributed by atoms with Gasteiger partial charge in [0.1, 0.15) is 11.2 Å². The first kappa shape index (κ1) is 20.7. The lowest BCUT2D eigenvalue weighted by atomic mass is 10.1. The minimum absolute atomic E-state index is 0.270. The van der Waals surface area contributed by atoms with Gasteiger partial charge in [0.05, 0.1) is 13.0 Å². The average molecular weight is 359 g/mol. The zero-order valence-electron chi connectivity index (χ0n) is 15.5. The average Bonchev–Trinajstić information content (AvgIpc) is 3.10. The number of carboxylic acid groups (broad SMARTS) is 1. The number of amides is 2. The van der Waals surface area contributed by atoms with Gasteiger partial charge in [-0.2, -0.15) is 4.90 Å². The van der Waals surface area contributed by atoms with Crippen LogP contribution < -0.4 is 0 Å². The molecular weight excluding hydrogens is 334 g/mol. The van der Waals surface area contributed by atoms with E-state index in [1.165, 1.54) is 0 Å². The Bertz CT molecular complexity index is 558. The van der Waals surface area contributed by atoms with Crippen molar-refractivity contribution in [2.75, 3.05) is 7.11 Å². The van der Waals surface area contributed by atoms with Gasteiger partial charge in [-0.15, -0.1) is 0 Å². The van der Waals surface area contributed by atoms with Crippen molar-refractivity contribution < 1.29 is 38.5 Å². The van der Waals surface area contributed by atoms with Crippen LogP contribution in [0, 0.1) is 5.92 Å². The summed E-state index contributed by atoms with van der Waals surface area (Å²) >= 11 is 0. The first-order valence-corrected chi connectivity index (χ1v) is 7.73. The van der Waals surface area contributed by atoms with Crippen LogP contribution in [0.1, 0.15) is 48.0 Å². The van der Waals surface area contributed by atoms with Gasteiger partial charge in [0.15, 0.2) is 5.54 Å². The summed E-state index contributed by atoms with van der Waals surface area (Å²) in [6, 6.07) is 0. The largest absolute Gasteiger partial charge is 0.481 e. The van der Waals surface area contributed by atoms with Crippen molar-refractivity contribution in [1.29, 1.82) is 0 Å². The SMILES string of the molecule is COC(=O)C1(N(C(=O)OC(C)(C)C)C(=O)OC(C)(C)C)C[C@@H]1C(=O)O. The predicted molar refractivity (Wildman–Crippen MR) is 84.8 cm³/mol. The lowest BCUT2D eigenvalue weighted by Gasteiger charge is -2.32. The molecule has 9 heteroatoms. The third kappa shape index (κ3) is 4.61. The maximum atomic E-state index is 12.6. The van der Waals surface area contributed by atoms with E-state index in [-0.39, 0.29) is 6.42 Å². The molecule has 1 aliphatic rings. The summed E-state index contributed by atoms with van der Waals surface area (Å²) in [7, 11) is 1.05. The second kappa shape index (κ2) is 6.53. The number of rotatable bonds is 3. The minimum Gasteiger partial charge on any atom is -0.481 e. The van der Waals surface area contributed by atoms with Crippen LogP contribution in [0.5, 0.6) is 0 Å². The Labute approximate surface area is 146 Å². The van der Waals surface area contributed by atoms with Gasteiger partial charge < -0.3 is 19.3 Å². The number of imide groups is 1. The van der Waals surface area contributed by atoms with E-state index in [2.05, 4.69) is 4.74 Å². The van der Waals surface area contributed by atoms with Crippen LogP contribution >= 0.6 is 0 Å². The summed E-state index contributed by atoms with van der Waals surface area (Å²) in [4.78, 5) is 49.2. The normalized spacial score (nSPS) is 22.6. The Morgan fingerprint density at radius 2 is 1.36 bits per heavy atom. The molecule has 0 aliphatic heterocycles. The van der Waals surface area contributed by atoms with Crippen molar-refractivity contribution in [3.05, 3.63) is 0 Å². The maximum Gasteiger partial charge on any atom is 0.420 e. The third-order valence-electron chi connectivity index (χ3n) is 3.32. The minimum atomic E-state index is -1.98. The predicted octanol–water partition coefficient (Wildman–Crippen LogP) is 2.17. The molecule has 0 aromatic heterocycles. The molecule has 0 radical (unpaired) electrons. The monoisotopic (exact) mass is 359 g/mol. The lowest BCUT2D eigenvalue weighted by molar-refractivity contribution is -0.152. The summed E-state index contributed by atoms with van der Waals surface area (Å²) < 4.78 is 15.0. The molecule has 1 fully saturated rings. The molecule has 2 amide bonds. The molecule has 0 heterocycles. The van der Waals surface area contributed by atoms with Crippen molar-refractivity contribution >= 4 is 24.1 Å². The van der Waals surface area contributed by atoms with E-state index in [1.807, 2.05) is 0 Å². The van der Waals surface area contributed by atoms with Crippen molar-refractivity contribution in [3.8, 4) is 0 Å². The second-order valence-electron chi connectivity index (χ2n) is 7.81. The zero-order valence-corrected chi connectivity index (χ0v) is 15.5. The molecule has 1 unspecified atom stereocenters. The van der Waals surface area contributed by atoms with Gasteiger partial charge in [0.2, 0.25) is 0 Å². The Balaban J connectivity index is 3.34. The highest BCUT2D eigenvalue weighted by Crippen LogP contribution is 2.50. The van der Waals surface area contributed by atoms with Gasteiger partial charge in [-0.3, -0.25) is 4.79 Å². The highest BCUT2D eigenvalue weighted by atomic mass is 16.6. The lowest BCUT2D eigenvalue weighted by Crippen LogP contribution is -2.55. The van der Waals surface area contributed by atoms with E-state index in [0.29, 0.717) is 4.90 Å². The van der Waals surface area contributed by atoms with Crippen LogP contribution in [-0.4, -0.2) is 58.0 Å². The van der Waals surface area contributed by atoms with Crippen LogP contribution in [0.15, 0.2) is 0 Å². The van der Waals surface area contributed by atoms with E-state index in [9.17, 15) is 24.3 Å². The number of carbonyl (C=O) groups is 4. The molecule has 0 bridgehead atoms. The van der Waals surface area contributed by atoms with E-state index < -0.39 is 46.8 Å². The van der Waals surface area contributed by atoms with E-state index in [4.69, 9.17) is 9.47 Å². The molecule has 25 heavy (non-hydrogen) atoms. The fraction of sp³-hybridized carbons (Fsp3) is 0.750. The van der Waals surface area contributed by atoms with Gasteiger partial charge >= 0.3 is 24.1 Å². The van der Waals surface area contributed by atoms with Crippen LogP contribution in [0.2, 0.25) is 0 Å². The molecule has 2 atom stereocenters. The third-order valence-corrected chi connectivity index (χ3v) is 3.32. The highest BCUT2D eigenvalue weighted by molar-refractivity contribution is 6.03. The van der Waals surface area contributed by atoms with Gasteiger partial charge in [0.25, 0.3) is 0 Å². The Kier molecular flexibility index (Phi) is 5.41. The molecule has 0 spiro atoms. The number of hydrogen-bond donors (Lipinski definition) is 1. The van der Waals surface area contributed by atoms with E-state index >= 15 is 0 Å². The van der Waals surface area contributed by atoms with Crippen LogP contribution in [0.25, 0.3) is 0 Å². The van der Waals surface area contributed by atoms with Crippen LogP contribution in [-0.2, 0) is 23.8 Å². The summed E-state index contributed by atoms with van der Waals surface area (Å²) in [6.07, 6.45) is -2.61. The Morgan fingerprint density at radius 1 is 0.960 bits per heavy atom. The molecular formula is C16H25NO8. The quantitative estimate of drug-likeness (QED) is 0.601. The number of methoxy groups -OCH3 is 1. The first-order chi connectivity index (χ1) is 11.2. The second-order valence-corrected chi connectivity index (χ2v) is 7.81. The van der Waals surface area contributed by atoms with E-state index in [1.54, 1.807) is 41.5 Å². The van der Waals surface area contributed by atoms with Crippen LogP contribution in [0.4, 0.5) is 9.59 Å². The smallest absolute Gasteiger partial charge is 0.420 e. The number of hydrogen-bond acceptors (Lipinski definition) is 7. The Hall–Kier alpha value is -2.32. The maximum absolute atomic E-state index is 12.6. The van der Waals surface area contributed by atoms with Crippen molar-refractivity contribution in [3.63, 3.8) is 0 Å². The van der Waals surface area contributed by atoms with Crippen LogP contribution in [0.3, 0.4) is 0 Å². The molecule has 0 aromatic rings. The van der Waals surface area contributed by atoms with Gasteiger partial charge in [-0.1, -0.05) is 0 Å².